The SMILES string of the molecule is COc1cccc(C(=O)[C@H](C)N(C(=O)O)C(C)(C)C)c1. The topological polar surface area (TPSA) is 66.8 Å². The highest BCUT2D eigenvalue weighted by Gasteiger charge is 2.34. The molecule has 5 nitrogen and oxygen atoms in total. The van der Waals surface area contributed by atoms with E-state index in [1.807, 2.05) is 0 Å². The van der Waals surface area contributed by atoms with Crippen LogP contribution in [-0.4, -0.2) is 40.6 Å². The van der Waals surface area contributed by atoms with Crippen LogP contribution in [0.15, 0.2) is 24.3 Å². The highest BCUT2D eigenvalue weighted by molar-refractivity contribution is 6.01. The Kier molecular flexibility index (Phi) is 4.76. The lowest BCUT2D eigenvalue weighted by molar-refractivity contribution is 0.0589. The van der Waals surface area contributed by atoms with Crippen LogP contribution in [0.3, 0.4) is 0 Å². The molecule has 1 atom stereocenters. The number of amides is 1. The zero-order valence-electron chi connectivity index (χ0n) is 12.5. The lowest BCUT2D eigenvalue weighted by Crippen LogP contribution is -2.52. The number of rotatable bonds is 4. The molecule has 20 heavy (non-hydrogen) atoms. The van der Waals surface area contributed by atoms with E-state index in [4.69, 9.17) is 4.74 Å². The van der Waals surface area contributed by atoms with E-state index in [2.05, 4.69) is 0 Å². The van der Waals surface area contributed by atoms with Crippen LogP contribution in [-0.2, 0) is 0 Å². The van der Waals surface area contributed by atoms with E-state index in [-0.39, 0.29) is 5.78 Å². The van der Waals surface area contributed by atoms with Gasteiger partial charge in [0.25, 0.3) is 0 Å². The van der Waals surface area contributed by atoms with Crippen LogP contribution in [0.5, 0.6) is 5.75 Å². The van der Waals surface area contributed by atoms with Gasteiger partial charge in [0, 0.05) is 11.1 Å². The standard InChI is InChI=1S/C15H21NO4/c1-10(16(14(18)19)15(2,3)4)13(17)11-7-6-8-12(9-11)20-5/h6-10H,1-5H3,(H,18,19)/t10-/m0/s1. The van der Waals surface area contributed by atoms with E-state index in [0.29, 0.717) is 11.3 Å². The first-order valence-electron chi connectivity index (χ1n) is 6.39. The summed E-state index contributed by atoms with van der Waals surface area (Å²) in [7, 11) is 1.52. The van der Waals surface area contributed by atoms with Crippen molar-refractivity contribution >= 4 is 11.9 Å². The second-order valence-corrected chi connectivity index (χ2v) is 5.60. The van der Waals surface area contributed by atoms with Crippen molar-refractivity contribution in [1.82, 2.24) is 4.90 Å². The minimum Gasteiger partial charge on any atom is -0.497 e. The van der Waals surface area contributed by atoms with Crippen LogP contribution in [0.25, 0.3) is 0 Å². The maximum absolute atomic E-state index is 12.4. The molecule has 1 amide bonds. The summed E-state index contributed by atoms with van der Waals surface area (Å²) in [5, 5.41) is 9.32. The van der Waals surface area contributed by atoms with Gasteiger partial charge < -0.3 is 9.84 Å². The van der Waals surface area contributed by atoms with Gasteiger partial charge in [0.15, 0.2) is 5.78 Å². The molecule has 0 aliphatic heterocycles. The Bertz CT molecular complexity index is 505. The maximum Gasteiger partial charge on any atom is 0.408 e. The number of ketones is 1. The third kappa shape index (κ3) is 3.50. The van der Waals surface area contributed by atoms with Crippen molar-refractivity contribution in [3.8, 4) is 5.75 Å². The molecule has 0 aliphatic carbocycles. The van der Waals surface area contributed by atoms with Crippen molar-refractivity contribution < 1.29 is 19.4 Å². The minimum atomic E-state index is -1.11. The third-order valence-corrected chi connectivity index (χ3v) is 3.05. The maximum atomic E-state index is 12.4. The largest absolute Gasteiger partial charge is 0.497 e. The molecular weight excluding hydrogens is 258 g/mol. The Hall–Kier alpha value is -2.04. The summed E-state index contributed by atoms with van der Waals surface area (Å²) in [6, 6.07) is 5.95. The molecular formula is C15H21NO4. The van der Waals surface area contributed by atoms with E-state index < -0.39 is 17.7 Å². The molecule has 1 N–H and O–H groups in total. The normalized spacial score (nSPS) is 12.7. The summed E-state index contributed by atoms with van der Waals surface area (Å²) in [5.74, 6) is 0.321. The summed E-state index contributed by atoms with van der Waals surface area (Å²) in [4.78, 5) is 25.0. The molecule has 0 spiro atoms. The van der Waals surface area contributed by atoms with Crippen molar-refractivity contribution in [3.05, 3.63) is 29.8 Å². The van der Waals surface area contributed by atoms with Gasteiger partial charge in [-0.05, 0) is 39.8 Å². The Morgan fingerprint density at radius 1 is 1.30 bits per heavy atom. The van der Waals surface area contributed by atoms with Crippen molar-refractivity contribution in [2.75, 3.05) is 7.11 Å². The fourth-order valence-electron chi connectivity index (χ4n) is 2.17. The quantitative estimate of drug-likeness (QED) is 0.860. The lowest BCUT2D eigenvalue weighted by Gasteiger charge is -2.37. The first-order valence-corrected chi connectivity index (χ1v) is 6.39. The van der Waals surface area contributed by atoms with Gasteiger partial charge in [-0.1, -0.05) is 12.1 Å². The summed E-state index contributed by atoms with van der Waals surface area (Å²) in [6.07, 6.45) is -1.11. The molecule has 0 bridgehead atoms. The molecule has 0 aromatic heterocycles. The fourth-order valence-corrected chi connectivity index (χ4v) is 2.17. The van der Waals surface area contributed by atoms with Crippen molar-refractivity contribution in [1.29, 1.82) is 0 Å². The Balaban J connectivity index is 3.08. The van der Waals surface area contributed by atoms with Gasteiger partial charge >= 0.3 is 6.09 Å². The van der Waals surface area contributed by atoms with Gasteiger partial charge in [-0.25, -0.2) is 4.79 Å². The van der Waals surface area contributed by atoms with E-state index in [1.165, 1.54) is 7.11 Å². The first kappa shape index (κ1) is 16.0. The average Bonchev–Trinajstić information content (AvgIpc) is 2.35. The van der Waals surface area contributed by atoms with Crippen molar-refractivity contribution in [3.63, 3.8) is 0 Å². The number of hydrogen-bond acceptors (Lipinski definition) is 3. The summed E-state index contributed by atoms with van der Waals surface area (Å²) in [5.41, 5.74) is -0.216. The Labute approximate surface area is 119 Å². The lowest BCUT2D eigenvalue weighted by atomic mass is 9.98. The molecule has 1 aromatic carbocycles. The highest BCUT2D eigenvalue weighted by atomic mass is 16.5. The molecule has 5 heteroatoms. The van der Waals surface area contributed by atoms with E-state index >= 15 is 0 Å². The predicted molar refractivity (Wildman–Crippen MR) is 76.4 cm³/mol. The summed E-state index contributed by atoms with van der Waals surface area (Å²) in [6.45, 7) is 6.88. The number of carboxylic acid groups (broad SMARTS) is 1. The molecule has 0 radical (unpaired) electrons. The van der Waals surface area contributed by atoms with Gasteiger partial charge in [-0.2, -0.15) is 0 Å². The van der Waals surface area contributed by atoms with Crippen LogP contribution >= 0.6 is 0 Å². The predicted octanol–water partition coefficient (Wildman–Crippen LogP) is 3.04. The second kappa shape index (κ2) is 5.94. The van der Waals surface area contributed by atoms with Crippen LogP contribution < -0.4 is 4.74 Å². The molecule has 0 unspecified atom stereocenters. The van der Waals surface area contributed by atoms with Gasteiger partial charge in [-0.15, -0.1) is 0 Å². The van der Waals surface area contributed by atoms with Crippen LogP contribution in [0, 0.1) is 0 Å². The third-order valence-electron chi connectivity index (χ3n) is 3.05. The number of benzene rings is 1. The van der Waals surface area contributed by atoms with E-state index in [9.17, 15) is 14.7 Å². The zero-order valence-corrected chi connectivity index (χ0v) is 12.5. The second-order valence-electron chi connectivity index (χ2n) is 5.60. The summed E-state index contributed by atoms with van der Waals surface area (Å²) >= 11 is 0. The van der Waals surface area contributed by atoms with Gasteiger partial charge in [0.05, 0.1) is 13.2 Å². The van der Waals surface area contributed by atoms with Gasteiger partial charge in [0.2, 0.25) is 0 Å². The fraction of sp³-hybridized carbons (Fsp3) is 0.467. The van der Waals surface area contributed by atoms with Gasteiger partial charge in [0.1, 0.15) is 5.75 Å². The number of carbonyl (C=O) groups excluding carboxylic acids is 1. The molecule has 110 valence electrons. The average molecular weight is 279 g/mol. The van der Waals surface area contributed by atoms with Crippen LogP contribution in [0.2, 0.25) is 0 Å². The molecule has 0 saturated carbocycles. The smallest absolute Gasteiger partial charge is 0.408 e. The van der Waals surface area contributed by atoms with E-state index in [1.54, 1.807) is 52.0 Å². The molecule has 1 rings (SSSR count). The number of methoxy groups -OCH3 is 1. The summed E-state index contributed by atoms with van der Waals surface area (Å²) < 4.78 is 5.08. The minimum absolute atomic E-state index is 0.249. The van der Waals surface area contributed by atoms with Crippen molar-refractivity contribution in [2.45, 2.75) is 39.3 Å². The van der Waals surface area contributed by atoms with Gasteiger partial charge in [-0.3, -0.25) is 9.69 Å². The van der Waals surface area contributed by atoms with Crippen LogP contribution in [0.1, 0.15) is 38.1 Å². The zero-order chi connectivity index (χ0) is 15.5. The number of carbonyl (C=O) groups is 2. The molecule has 0 saturated heterocycles. The van der Waals surface area contributed by atoms with Crippen LogP contribution in [0.4, 0.5) is 4.79 Å². The monoisotopic (exact) mass is 279 g/mol. The van der Waals surface area contributed by atoms with Crippen molar-refractivity contribution in [2.24, 2.45) is 0 Å². The number of hydrogen-bond donors (Lipinski definition) is 1. The Morgan fingerprint density at radius 3 is 2.35 bits per heavy atom. The molecule has 0 aliphatic rings. The molecule has 0 heterocycles. The number of nitrogens with zero attached hydrogens (tertiary/aromatic N) is 1. The first-order chi connectivity index (χ1) is 9.18. The highest BCUT2D eigenvalue weighted by Crippen LogP contribution is 2.21. The molecule has 1 aromatic rings. The number of Topliss-reactive ketones (excluding diaryl/α,β-unsaturated/α-hetero) is 1. The van der Waals surface area contributed by atoms with E-state index in [0.717, 1.165) is 4.90 Å². The molecule has 0 fully saturated rings. The Morgan fingerprint density at radius 2 is 1.90 bits per heavy atom. The number of ether oxygens (including phenoxy) is 1.